The van der Waals surface area contributed by atoms with Crippen molar-refractivity contribution in [1.82, 2.24) is 0 Å². The van der Waals surface area contributed by atoms with Crippen molar-refractivity contribution in [3.63, 3.8) is 0 Å². The van der Waals surface area contributed by atoms with Crippen LogP contribution in [0, 0.1) is 0 Å². The second-order valence-corrected chi connectivity index (χ2v) is 1.73. The Kier molecular flexibility index (Phi) is 965. The average molecular weight is 160 g/mol. The molecule has 0 aliphatic heterocycles. The van der Waals surface area contributed by atoms with Gasteiger partial charge in [-0.3, -0.25) is 0 Å². The molecule has 0 aliphatic carbocycles. The van der Waals surface area contributed by atoms with Crippen LogP contribution in [0.2, 0.25) is 11.6 Å². The van der Waals surface area contributed by atoms with Crippen LogP contribution in [0.5, 0.6) is 0 Å². The quantitative estimate of drug-likeness (QED) is 0.244. The Morgan fingerprint density at radius 3 is 0.750 bits per heavy atom. The van der Waals surface area contributed by atoms with Crippen LogP contribution in [0.4, 0.5) is 0 Å². The van der Waals surface area contributed by atoms with Crippen molar-refractivity contribution in [3.8, 4) is 0 Å². The monoisotopic (exact) mass is 160 g/mol. The number of hydrogen-bond donors (Lipinski definition) is 0. The molecule has 0 rings (SSSR count). The Morgan fingerprint density at radius 2 is 0.750 bits per heavy atom. The van der Waals surface area contributed by atoms with Gasteiger partial charge in [0.25, 0.3) is 0 Å². The number of hydrogen-bond acceptors (Lipinski definition) is 0. The van der Waals surface area contributed by atoms with Gasteiger partial charge in [-0.25, -0.2) is 0 Å². The van der Waals surface area contributed by atoms with Crippen molar-refractivity contribution in [3.05, 3.63) is 0 Å². The van der Waals surface area contributed by atoms with Crippen molar-refractivity contribution in [1.29, 1.82) is 0 Å². The first kappa shape index (κ1) is 68.6. The van der Waals surface area contributed by atoms with Gasteiger partial charge in [0.1, 0.15) is 0 Å². The molecule has 0 radical (unpaired) electrons. The molecule has 0 amide bonds. The summed E-state index contributed by atoms with van der Waals surface area (Å²) in [5, 5.41) is 0. The molecule has 0 atom stereocenters. The van der Waals surface area contributed by atoms with E-state index in [0.29, 0.717) is 0 Å². The molecule has 0 spiro atoms. The van der Waals surface area contributed by atoms with Gasteiger partial charge in [-0.05, 0) is 0 Å². The molecule has 0 aromatic heterocycles. The fourth-order valence-corrected chi connectivity index (χ4v) is 0. The second-order valence-electron chi connectivity index (χ2n) is 0.577. The van der Waals surface area contributed by atoms with Gasteiger partial charge in [0, 0.05) is 0 Å². The average Bonchev–Trinajstić information content (AvgIpc) is 0.918. The van der Waals surface area contributed by atoms with Crippen molar-refractivity contribution in [2.24, 2.45) is 0 Å². The smallest absolute Gasteiger partial charge is 1.00 e. The summed E-state index contributed by atoms with van der Waals surface area (Å²) in [5.74, 6) is 4.42. The second kappa shape index (κ2) is 112. The molecule has 0 N–H and O–H groups in total. The number of rotatable bonds is 0. The van der Waals surface area contributed by atoms with E-state index in [0.717, 1.165) is 15.2 Å². The van der Waals surface area contributed by atoms with Gasteiger partial charge >= 0.3 is 44.2 Å². The SMILES string of the molecule is [Al+3].[CH3][Al+][CH3].[F-].[F-].[F-].[F-]. The Bertz CT molecular complexity index is 12.0. The molecule has 0 aromatic rings. The van der Waals surface area contributed by atoms with Crippen molar-refractivity contribution >= 4 is 32.6 Å². The summed E-state index contributed by atoms with van der Waals surface area (Å²) in [6.45, 7) is 0. The van der Waals surface area contributed by atoms with Crippen LogP contribution in [0.1, 0.15) is 0 Å². The van der Waals surface area contributed by atoms with Crippen LogP contribution in [-0.2, 0) is 0 Å². The molecule has 0 saturated carbocycles. The largest absolute Gasteiger partial charge is 1.00 e. The molecule has 0 aromatic carbocycles. The fraction of sp³-hybridized carbons (Fsp3) is 1.00. The summed E-state index contributed by atoms with van der Waals surface area (Å²) in [5.41, 5.74) is 0. The summed E-state index contributed by atoms with van der Waals surface area (Å²) in [4.78, 5) is 0. The zero-order valence-corrected chi connectivity index (χ0v) is 6.98. The maximum absolute atomic E-state index is 2.21. The molecule has 0 bridgehead atoms. The van der Waals surface area contributed by atoms with Crippen LogP contribution in [-0.4, -0.2) is 32.6 Å². The van der Waals surface area contributed by atoms with E-state index in [2.05, 4.69) is 11.6 Å². The molecular weight excluding hydrogens is 154 g/mol. The molecule has 0 unspecified atom stereocenters. The van der Waals surface area contributed by atoms with Crippen LogP contribution < -0.4 is 18.8 Å². The zero-order chi connectivity index (χ0) is 2.71. The van der Waals surface area contributed by atoms with E-state index in [9.17, 15) is 0 Å². The van der Waals surface area contributed by atoms with E-state index in [1.54, 1.807) is 0 Å². The molecule has 48 valence electrons. The van der Waals surface area contributed by atoms with E-state index < -0.39 is 0 Å². The van der Waals surface area contributed by atoms with E-state index in [-0.39, 0.29) is 36.2 Å². The van der Waals surface area contributed by atoms with E-state index in [4.69, 9.17) is 0 Å². The molecular formula is C2H6Al2F4. The number of halogens is 4. The minimum atomic E-state index is 0. The first-order valence-corrected chi connectivity index (χ1v) is 3.46. The van der Waals surface area contributed by atoms with Crippen molar-refractivity contribution in [2.75, 3.05) is 0 Å². The molecule has 0 aliphatic rings. The van der Waals surface area contributed by atoms with Gasteiger partial charge in [-0.2, -0.15) is 0 Å². The molecule has 0 nitrogen and oxygen atoms in total. The predicted octanol–water partition coefficient (Wildman–Crippen LogP) is -11.6. The van der Waals surface area contributed by atoms with Crippen molar-refractivity contribution in [2.45, 2.75) is 11.6 Å². The summed E-state index contributed by atoms with van der Waals surface area (Å²) >= 11 is 0.750. The summed E-state index contributed by atoms with van der Waals surface area (Å²) in [6, 6.07) is 0. The van der Waals surface area contributed by atoms with E-state index in [1.165, 1.54) is 0 Å². The van der Waals surface area contributed by atoms with E-state index in [1.807, 2.05) is 0 Å². The van der Waals surface area contributed by atoms with Gasteiger partial charge < -0.3 is 18.8 Å². The molecule has 0 fully saturated rings. The van der Waals surface area contributed by atoms with Gasteiger partial charge in [0.15, 0.2) is 0 Å². The standard InChI is InChI=1S/2CH3.2Al.4FH/h2*1H3;;;4*1H/q;;+1;+3;;;;/p-4. The van der Waals surface area contributed by atoms with Gasteiger partial charge in [0.2, 0.25) is 0 Å². The Hall–Kier alpha value is 0.785. The third-order valence-corrected chi connectivity index (χ3v) is 0. The summed E-state index contributed by atoms with van der Waals surface area (Å²) < 4.78 is 0. The Morgan fingerprint density at radius 1 is 0.750 bits per heavy atom. The van der Waals surface area contributed by atoms with Crippen LogP contribution in [0.3, 0.4) is 0 Å². The van der Waals surface area contributed by atoms with Crippen LogP contribution in [0.25, 0.3) is 0 Å². The van der Waals surface area contributed by atoms with E-state index >= 15 is 0 Å². The minimum Gasteiger partial charge on any atom is -1.00 e. The molecule has 6 heteroatoms. The van der Waals surface area contributed by atoms with Gasteiger partial charge in [-0.1, -0.05) is 0 Å². The van der Waals surface area contributed by atoms with Crippen LogP contribution in [0.15, 0.2) is 0 Å². The van der Waals surface area contributed by atoms with Crippen LogP contribution >= 0.6 is 0 Å². The predicted molar refractivity (Wildman–Crippen MR) is 23.2 cm³/mol. The fourth-order valence-electron chi connectivity index (χ4n) is 0. The Labute approximate surface area is 63.3 Å². The third-order valence-electron chi connectivity index (χ3n) is 0. The molecule has 8 heavy (non-hydrogen) atoms. The zero-order valence-electron chi connectivity index (χ0n) is 4.67. The third kappa shape index (κ3) is 369. The maximum Gasteiger partial charge on any atom is -1.00 e. The maximum atomic E-state index is 2.21. The molecule has 0 saturated heterocycles. The first-order chi connectivity index (χ1) is 1.41. The normalized spacial score (nSPS) is 1.25. The molecule has 0 heterocycles. The summed E-state index contributed by atoms with van der Waals surface area (Å²) in [7, 11) is 0. The minimum absolute atomic E-state index is 0. The topological polar surface area (TPSA) is 0 Å². The van der Waals surface area contributed by atoms with Gasteiger partial charge in [0.05, 0.1) is 0 Å². The first-order valence-electron chi connectivity index (χ1n) is 1.15. The van der Waals surface area contributed by atoms with Gasteiger partial charge in [-0.15, -0.1) is 0 Å². The Balaban J connectivity index is -0.00000000200. The summed E-state index contributed by atoms with van der Waals surface area (Å²) in [6.07, 6.45) is 0. The van der Waals surface area contributed by atoms with Crippen molar-refractivity contribution < 1.29 is 18.8 Å².